The molecule has 2 N–H and O–H groups in total. The number of hydrogen-bond acceptors (Lipinski definition) is 5. The van der Waals surface area contributed by atoms with Gasteiger partial charge in [0.15, 0.2) is 0 Å². The molecule has 2 heterocycles. The second-order valence-electron chi connectivity index (χ2n) is 5.69. The van der Waals surface area contributed by atoms with Crippen LogP contribution in [0.2, 0.25) is 0 Å². The van der Waals surface area contributed by atoms with E-state index in [0.717, 1.165) is 11.8 Å². The second kappa shape index (κ2) is 6.99. The molecule has 26 heavy (non-hydrogen) atoms. The molecule has 0 atom stereocenters. The number of aromatic nitrogens is 3. The Morgan fingerprint density at radius 2 is 1.92 bits per heavy atom. The van der Waals surface area contributed by atoms with Crippen LogP contribution in [0.3, 0.4) is 0 Å². The lowest BCUT2D eigenvalue weighted by molar-refractivity contribution is -0.137. The first-order valence-corrected chi connectivity index (χ1v) is 7.72. The fourth-order valence-electron chi connectivity index (χ4n) is 2.51. The maximum Gasteiger partial charge on any atom is 0.416 e. The molecule has 134 valence electrons. The number of alkyl halides is 3. The van der Waals surface area contributed by atoms with Crippen molar-refractivity contribution in [1.29, 1.82) is 0 Å². The summed E-state index contributed by atoms with van der Waals surface area (Å²) in [6.07, 6.45) is -1.18. The molecule has 0 aliphatic carbocycles. The molecule has 0 aliphatic rings. The van der Waals surface area contributed by atoms with Crippen molar-refractivity contribution in [3.05, 3.63) is 65.6 Å². The van der Waals surface area contributed by atoms with Crippen molar-refractivity contribution < 1.29 is 18.3 Å². The minimum absolute atomic E-state index is 0.234. The molecule has 1 aromatic carbocycles. The van der Waals surface area contributed by atoms with Crippen molar-refractivity contribution in [2.75, 3.05) is 5.32 Å². The van der Waals surface area contributed by atoms with Gasteiger partial charge in [0.2, 0.25) is 0 Å². The molecular weight excluding hydrogens is 345 g/mol. The van der Waals surface area contributed by atoms with E-state index in [4.69, 9.17) is 0 Å². The third-order valence-electron chi connectivity index (χ3n) is 3.75. The van der Waals surface area contributed by atoms with E-state index in [0.29, 0.717) is 24.0 Å². The molecule has 0 unspecified atom stereocenters. The van der Waals surface area contributed by atoms with Gasteiger partial charge in [0, 0.05) is 18.0 Å². The summed E-state index contributed by atoms with van der Waals surface area (Å²) in [6, 6.07) is 8.65. The minimum Gasteiger partial charge on any atom is -0.507 e. The normalized spacial score (nSPS) is 11.4. The predicted octanol–water partition coefficient (Wildman–Crippen LogP) is 4.18. The van der Waals surface area contributed by atoms with Crippen molar-refractivity contribution >= 4 is 5.69 Å². The van der Waals surface area contributed by atoms with Gasteiger partial charge in [-0.25, -0.2) is 0 Å². The van der Waals surface area contributed by atoms with E-state index in [-0.39, 0.29) is 11.1 Å². The summed E-state index contributed by atoms with van der Waals surface area (Å²) in [5.41, 5.74) is 1.38. The molecule has 0 saturated carbocycles. The lowest BCUT2D eigenvalue weighted by Gasteiger charge is -2.13. The van der Waals surface area contributed by atoms with E-state index in [9.17, 15) is 18.3 Å². The number of phenolic OH excluding ortho intramolecular Hbond substituents is 1. The number of pyridine rings is 1. The summed E-state index contributed by atoms with van der Waals surface area (Å²) in [7, 11) is 0. The minimum atomic E-state index is -4.52. The van der Waals surface area contributed by atoms with Gasteiger partial charge in [0.25, 0.3) is 0 Å². The number of anilines is 1. The Morgan fingerprint density at radius 1 is 1.12 bits per heavy atom. The first kappa shape index (κ1) is 17.7. The zero-order chi connectivity index (χ0) is 18.7. The maximum absolute atomic E-state index is 12.8. The molecule has 0 aliphatic heterocycles. The Kier molecular flexibility index (Phi) is 4.75. The summed E-state index contributed by atoms with van der Waals surface area (Å²) in [4.78, 5) is 3.99. The topological polar surface area (TPSA) is 70.9 Å². The third kappa shape index (κ3) is 3.90. The number of aromatic hydroxyl groups is 1. The summed E-state index contributed by atoms with van der Waals surface area (Å²) < 4.78 is 38.4. The second-order valence-corrected chi connectivity index (χ2v) is 5.69. The Hall–Kier alpha value is -3.16. The number of phenols is 1. The molecule has 3 aromatic rings. The molecule has 0 spiro atoms. The van der Waals surface area contributed by atoms with Crippen LogP contribution in [0, 0.1) is 6.92 Å². The number of benzene rings is 1. The molecule has 3 rings (SSSR count). The average Bonchev–Trinajstić information content (AvgIpc) is 2.60. The monoisotopic (exact) mass is 360 g/mol. The van der Waals surface area contributed by atoms with Crippen molar-refractivity contribution in [3.8, 4) is 17.0 Å². The third-order valence-corrected chi connectivity index (χ3v) is 3.75. The fourth-order valence-corrected chi connectivity index (χ4v) is 2.51. The van der Waals surface area contributed by atoms with Gasteiger partial charge < -0.3 is 10.4 Å². The van der Waals surface area contributed by atoms with Crippen LogP contribution in [0.5, 0.6) is 5.75 Å². The van der Waals surface area contributed by atoms with Gasteiger partial charge in [0.05, 0.1) is 29.2 Å². The standard InChI is InChI=1S/C18H15F3N4O/c1-11-7-12(18(19,20)21)8-16(26)17(11)15-5-4-14(24-25-15)10-23-13-3-2-6-22-9-13/h2-9,23,26H,10H2,1H3. The Morgan fingerprint density at radius 3 is 2.50 bits per heavy atom. The Bertz CT molecular complexity index is 874. The van der Waals surface area contributed by atoms with E-state index in [1.54, 1.807) is 30.6 Å². The summed E-state index contributed by atoms with van der Waals surface area (Å²) in [6.45, 7) is 1.90. The van der Waals surface area contributed by atoms with E-state index >= 15 is 0 Å². The molecule has 2 aromatic heterocycles. The summed E-state index contributed by atoms with van der Waals surface area (Å²) >= 11 is 0. The van der Waals surface area contributed by atoms with Crippen LogP contribution in [-0.2, 0) is 12.7 Å². The Labute approximate surface area is 147 Å². The number of aryl methyl sites for hydroxylation is 1. The molecule has 5 nitrogen and oxygen atoms in total. The van der Waals surface area contributed by atoms with Gasteiger partial charge >= 0.3 is 6.18 Å². The van der Waals surface area contributed by atoms with Crippen molar-refractivity contribution in [3.63, 3.8) is 0 Å². The van der Waals surface area contributed by atoms with E-state index in [1.807, 2.05) is 6.07 Å². The van der Waals surface area contributed by atoms with Gasteiger partial charge in [-0.15, -0.1) is 0 Å². The molecule has 8 heteroatoms. The highest BCUT2D eigenvalue weighted by Gasteiger charge is 2.32. The highest BCUT2D eigenvalue weighted by Crippen LogP contribution is 2.38. The average molecular weight is 360 g/mol. The number of rotatable bonds is 4. The lowest BCUT2D eigenvalue weighted by Crippen LogP contribution is -2.06. The molecule has 0 fully saturated rings. The summed E-state index contributed by atoms with van der Waals surface area (Å²) in [5, 5.41) is 21.2. The van der Waals surface area contributed by atoms with E-state index < -0.39 is 17.5 Å². The lowest BCUT2D eigenvalue weighted by atomic mass is 10.0. The molecule has 0 saturated heterocycles. The van der Waals surface area contributed by atoms with Crippen LogP contribution in [0.25, 0.3) is 11.3 Å². The van der Waals surface area contributed by atoms with E-state index in [1.165, 1.54) is 6.92 Å². The van der Waals surface area contributed by atoms with Gasteiger partial charge in [-0.3, -0.25) is 4.98 Å². The van der Waals surface area contributed by atoms with Gasteiger partial charge in [-0.1, -0.05) is 0 Å². The van der Waals surface area contributed by atoms with E-state index in [2.05, 4.69) is 20.5 Å². The van der Waals surface area contributed by atoms with Gasteiger partial charge in [-0.05, 0) is 48.9 Å². The van der Waals surface area contributed by atoms with Crippen molar-refractivity contribution in [1.82, 2.24) is 15.2 Å². The smallest absolute Gasteiger partial charge is 0.416 e. The number of hydrogen-bond donors (Lipinski definition) is 2. The molecular formula is C18H15F3N4O. The molecule has 0 amide bonds. The Balaban J connectivity index is 1.80. The van der Waals surface area contributed by atoms with Gasteiger partial charge in [-0.2, -0.15) is 23.4 Å². The molecule has 0 bridgehead atoms. The van der Waals surface area contributed by atoms with Crippen LogP contribution in [0.15, 0.2) is 48.8 Å². The SMILES string of the molecule is Cc1cc(C(F)(F)F)cc(O)c1-c1ccc(CNc2cccnc2)nn1. The highest BCUT2D eigenvalue weighted by atomic mass is 19.4. The zero-order valence-corrected chi connectivity index (χ0v) is 13.7. The van der Waals surface area contributed by atoms with Crippen molar-refractivity contribution in [2.45, 2.75) is 19.6 Å². The van der Waals surface area contributed by atoms with Crippen LogP contribution >= 0.6 is 0 Å². The maximum atomic E-state index is 12.8. The number of halogens is 3. The first-order chi connectivity index (χ1) is 12.3. The fraction of sp³-hybridized carbons (Fsp3) is 0.167. The highest BCUT2D eigenvalue weighted by molar-refractivity contribution is 5.71. The largest absolute Gasteiger partial charge is 0.507 e. The van der Waals surface area contributed by atoms with Crippen LogP contribution in [0.1, 0.15) is 16.8 Å². The quantitative estimate of drug-likeness (QED) is 0.730. The predicted molar refractivity (Wildman–Crippen MR) is 90.4 cm³/mol. The number of nitrogens with zero attached hydrogens (tertiary/aromatic N) is 3. The van der Waals surface area contributed by atoms with Crippen LogP contribution in [-0.4, -0.2) is 20.3 Å². The van der Waals surface area contributed by atoms with Crippen molar-refractivity contribution in [2.24, 2.45) is 0 Å². The zero-order valence-electron chi connectivity index (χ0n) is 13.7. The van der Waals surface area contributed by atoms with Crippen LogP contribution in [0.4, 0.5) is 18.9 Å². The first-order valence-electron chi connectivity index (χ1n) is 7.72. The van der Waals surface area contributed by atoms with Crippen LogP contribution < -0.4 is 5.32 Å². The number of nitrogens with one attached hydrogen (secondary N) is 1. The summed E-state index contributed by atoms with van der Waals surface area (Å²) in [5.74, 6) is -0.479. The van der Waals surface area contributed by atoms with Gasteiger partial charge in [0.1, 0.15) is 5.75 Å². The molecule has 0 radical (unpaired) electrons.